The number of carbonyl (C=O) groups is 2. The third kappa shape index (κ3) is 3.71. The van der Waals surface area contributed by atoms with Crippen molar-refractivity contribution in [2.24, 2.45) is 0 Å². The first-order chi connectivity index (χ1) is 16.3. The Bertz CT molecular complexity index is 1150. The maximum absolute atomic E-state index is 14.7. The van der Waals surface area contributed by atoms with Crippen molar-refractivity contribution < 1.29 is 23.5 Å². The number of cyclic esters (lactones) is 1. The highest BCUT2D eigenvalue weighted by molar-refractivity contribution is 6.08. The number of aromatic nitrogens is 1. The van der Waals surface area contributed by atoms with Gasteiger partial charge in [-0.25, -0.2) is 14.2 Å². The number of halogens is 1. The molecule has 4 heterocycles. The van der Waals surface area contributed by atoms with Crippen LogP contribution in [0.4, 0.5) is 26.5 Å². The average molecular weight is 470 g/mol. The number of benzene rings is 1. The molecule has 0 spiro atoms. The first kappa shape index (κ1) is 22.4. The van der Waals surface area contributed by atoms with Crippen molar-refractivity contribution in [2.45, 2.75) is 38.3 Å². The van der Waals surface area contributed by atoms with Crippen molar-refractivity contribution in [1.82, 2.24) is 10.3 Å². The van der Waals surface area contributed by atoms with E-state index in [0.29, 0.717) is 61.3 Å². The van der Waals surface area contributed by atoms with E-state index in [9.17, 15) is 14.0 Å². The van der Waals surface area contributed by atoms with Crippen LogP contribution in [0.15, 0.2) is 24.3 Å². The molecule has 10 heteroatoms. The predicted molar refractivity (Wildman–Crippen MR) is 125 cm³/mol. The number of amides is 2. The molecule has 3 aliphatic rings. The summed E-state index contributed by atoms with van der Waals surface area (Å²) in [6.07, 6.45) is -0.189. The van der Waals surface area contributed by atoms with Gasteiger partial charge in [-0.05, 0) is 50.6 Å². The number of fused-ring (bicyclic) bond motifs is 2. The Hall–Kier alpha value is -3.40. The lowest BCUT2D eigenvalue weighted by Crippen LogP contribution is -2.33. The van der Waals surface area contributed by atoms with Gasteiger partial charge >= 0.3 is 6.09 Å². The number of pyridine rings is 1. The Morgan fingerprint density at radius 1 is 1.26 bits per heavy atom. The van der Waals surface area contributed by atoms with Crippen LogP contribution < -0.4 is 25.2 Å². The molecule has 1 aromatic carbocycles. The van der Waals surface area contributed by atoms with Crippen molar-refractivity contribution >= 4 is 29.3 Å². The van der Waals surface area contributed by atoms with E-state index in [1.165, 1.54) is 15.9 Å². The zero-order chi connectivity index (χ0) is 24.0. The number of anilines is 3. The summed E-state index contributed by atoms with van der Waals surface area (Å²) in [5.74, 6) is 1.39. The number of likely N-dealkylation sites (N-methyl/N-ethyl adjacent to an activating group) is 1. The van der Waals surface area contributed by atoms with Gasteiger partial charge in [0.25, 0.3) is 0 Å². The van der Waals surface area contributed by atoms with Gasteiger partial charge in [-0.15, -0.1) is 0 Å². The van der Waals surface area contributed by atoms with Gasteiger partial charge in [0.2, 0.25) is 5.91 Å². The number of rotatable bonds is 6. The van der Waals surface area contributed by atoms with Crippen LogP contribution in [0, 0.1) is 5.82 Å². The molecule has 1 atom stereocenters. The van der Waals surface area contributed by atoms with Crippen LogP contribution in [0.3, 0.4) is 0 Å². The zero-order valence-electron chi connectivity index (χ0n) is 19.5. The molecule has 3 aliphatic heterocycles. The highest BCUT2D eigenvalue weighted by Crippen LogP contribution is 2.43. The molecule has 0 saturated carbocycles. The maximum Gasteiger partial charge on any atom is 0.415 e. The zero-order valence-corrected chi connectivity index (χ0v) is 19.5. The molecule has 180 valence electrons. The van der Waals surface area contributed by atoms with E-state index >= 15 is 0 Å². The van der Waals surface area contributed by atoms with Gasteiger partial charge in [-0.3, -0.25) is 9.69 Å². The molecule has 0 radical (unpaired) electrons. The van der Waals surface area contributed by atoms with Crippen LogP contribution in [-0.2, 0) is 21.5 Å². The Balaban J connectivity index is 1.19. The van der Waals surface area contributed by atoms with Crippen LogP contribution in [0.2, 0.25) is 0 Å². The van der Waals surface area contributed by atoms with Crippen LogP contribution in [0.5, 0.6) is 5.75 Å². The van der Waals surface area contributed by atoms with Gasteiger partial charge < -0.3 is 25.0 Å². The van der Waals surface area contributed by atoms with Crippen LogP contribution in [0.1, 0.15) is 31.4 Å². The molecule has 1 unspecified atom stereocenters. The summed E-state index contributed by atoms with van der Waals surface area (Å²) in [7, 11) is 1.68. The van der Waals surface area contributed by atoms with Crippen molar-refractivity contribution in [3.05, 3.63) is 41.2 Å². The standard InChI is InChI=1S/C24H28FN5O4/c1-24(2)16-4-5-17(25)15(20(16)29(3)22(24)31)12-26-9-8-14-13-30(23(32)34-14)19-7-6-18-21(28-19)27-10-11-33-18/h4-7,14,26H,8-13H2,1-3H3,(H,27,28). The molecule has 2 amide bonds. The minimum Gasteiger partial charge on any atom is -0.488 e. The fraction of sp³-hybridized carbons (Fsp3) is 0.458. The van der Waals surface area contributed by atoms with E-state index in [1.54, 1.807) is 25.2 Å². The van der Waals surface area contributed by atoms with Gasteiger partial charge in [0.05, 0.1) is 24.2 Å². The van der Waals surface area contributed by atoms with Crippen LogP contribution in [-0.4, -0.2) is 56.4 Å². The second kappa shape index (κ2) is 8.43. The highest BCUT2D eigenvalue weighted by Gasteiger charge is 2.44. The molecule has 9 nitrogen and oxygen atoms in total. The molecule has 1 fully saturated rings. The largest absolute Gasteiger partial charge is 0.488 e. The smallest absolute Gasteiger partial charge is 0.415 e. The van der Waals surface area contributed by atoms with Crippen molar-refractivity contribution in [1.29, 1.82) is 0 Å². The first-order valence-corrected chi connectivity index (χ1v) is 11.4. The summed E-state index contributed by atoms with van der Waals surface area (Å²) >= 11 is 0. The van der Waals surface area contributed by atoms with E-state index in [1.807, 2.05) is 13.8 Å². The van der Waals surface area contributed by atoms with E-state index < -0.39 is 11.5 Å². The first-order valence-electron chi connectivity index (χ1n) is 11.4. The predicted octanol–water partition coefficient (Wildman–Crippen LogP) is 2.78. The molecule has 1 aromatic heterocycles. The molecule has 2 N–H and O–H groups in total. The number of carbonyl (C=O) groups excluding carboxylic acids is 2. The summed E-state index contributed by atoms with van der Waals surface area (Å²) < 4.78 is 25.7. The Labute approximate surface area is 197 Å². The fourth-order valence-electron chi connectivity index (χ4n) is 4.80. The molecule has 0 aliphatic carbocycles. The topological polar surface area (TPSA) is 96.0 Å². The molecule has 2 aromatic rings. The van der Waals surface area contributed by atoms with E-state index in [4.69, 9.17) is 9.47 Å². The van der Waals surface area contributed by atoms with Crippen molar-refractivity contribution in [2.75, 3.05) is 48.4 Å². The Morgan fingerprint density at radius 3 is 2.91 bits per heavy atom. The Kier molecular flexibility index (Phi) is 5.55. The van der Waals surface area contributed by atoms with Crippen molar-refractivity contribution in [3.63, 3.8) is 0 Å². The van der Waals surface area contributed by atoms with Gasteiger partial charge in [0.15, 0.2) is 11.6 Å². The number of nitrogens with zero attached hydrogens (tertiary/aromatic N) is 3. The third-order valence-electron chi connectivity index (χ3n) is 6.66. The van der Waals surface area contributed by atoms with E-state index in [-0.39, 0.29) is 24.4 Å². The number of ether oxygens (including phenoxy) is 2. The minimum absolute atomic E-state index is 0.0511. The molecule has 0 bridgehead atoms. The fourth-order valence-corrected chi connectivity index (χ4v) is 4.80. The third-order valence-corrected chi connectivity index (χ3v) is 6.66. The second-order valence-electron chi connectivity index (χ2n) is 9.28. The normalized spacial score (nSPS) is 20.5. The molecule has 5 rings (SSSR count). The van der Waals surface area contributed by atoms with Crippen molar-refractivity contribution in [3.8, 4) is 5.75 Å². The molecular formula is C24H28FN5O4. The summed E-state index contributed by atoms with van der Waals surface area (Å²) in [6.45, 7) is 6.12. The second-order valence-corrected chi connectivity index (χ2v) is 9.28. The Morgan fingerprint density at radius 2 is 2.09 bits per heavy atom. The molecule has 1 saturated heterocycles. The van der Waals surface area contributed by atoms with Gasteiger partial charge in [-0.1, -0.05) is 6.07 Å². The van der Waals surface area contributed by atoms with Gasteiger partial charge in [0.1, 0.15) is 24.3 Å². The lowest BCUT2D eigenvalue weighted by atomic mass is 9.85. The average Bonchev–Trinajstić information content (AvgIpc) is 3.28. The summed E-state index contributed by atoms with van der Waals surface area (Å²) in [4.78, 5) is 32.6. The summed E-state index contributed by atoms with van der Waals surface area (Å²) in [5.41, 5.74) is 1.26. The lowest BCUT2D eigenvalue weighted by molar-refractivity contribution is -0.121. The minimum atomic E-state index is -0.680. The molecule has 34 heavy (non-hydrogen) atoms. The highest BCUT2D eigenvalue weighted by atomic mass is 19.1. The number of nitrogens with one attached hydrogen (secondary N) is 2. The maximum atomic E-state index is 14.7. The quantitative estimate of drug-likeness (QED) is 0.628. The SMILES string of the molecule is CN1C(=O)C(C)(C)c2ccc(F)c(CNCCC3CN(c4ccc5c(n4)NCCO5)C(=O)O3)c21. The van der Waals surface area contributed by atoms with Crippen LogP contribution >= 0.6 is 0 Å². The molecular weight excluding hydrogens is 441 g/mol. The van der Waals surface area contributed by atoms with Crippen LogP contribution in [0.25, 0.3) is 0 Å². The lowest BCUT2D eigenvalue weighted by Gasteiger charge is -2.20. The monoisotopic (exact) mass is 469 g/mol. The summed E-state index contributed by atoms with van der Waals surface area (Å²) in [6, 6.07) is 6.65. The van der Waals surface area contributed by atoms with Gasteiger partial charge in [-0.2, -0.15) is 0 Å². The number of hydrogen-bond acceptors (Lipinski definition) is 7. The van der Waals surface area contributed by atoms with Gasteiger partial charge in [0, 0.05) is 19.2 Å². The van der Waals surface area contributed by atoms with E-state index in [2.05, 4.69) is 15.6 Å². The van der Waals surface area contributed by atoms with E-state index in [0.717, 1.165) is 5.56 Å². The number of hydrogen-bond donors (Lipinski definition) is 2. The summed E-state index contributed by atoms with van der Waals surface area (Å²) in [5, 5.41) is 6.41.